The van der Waals surface area contributed by atoms with Crippen molar-refractivity contribution in [1.82, 2.24) is 24.3 Å². The molecule has 5 nitrogen and oxygen atoms in total. The van der Waals surface area contributed by atoms with Crippen LogP contribution in [0.25, 0.3) is 17.0 Å². The third-order valence-electron chi connectivity index (χ3n) is 5.48. The Labute approximate surface area is 166 Å². The maximum atomic E-state index is 13.4. The van der Waals surface area contributed by atoms with Crippen LogP contribution in [0.4, 0.5) is 4.39 Å². The van der Waals surface area contributed by atoms with Gasteiger partial charge >= 0.3 is 0 Å². The average molecular weight is 393 g/mol. The smallest absolute Gasteiger partial charge is 0.234 e. The van der Waals surface area contributed by atoms with Gasteiger partial charge in [-0.05, 0) is 50.2 Å². The number of nitrogens with zero attached hydrogens (tertiary/aromatic N) is 5. The number of fused-ring (bicyclic) bond motifs is 1. The maximum absolute atomic E-state index is 13.4. The highest BCUT2D eigenvalue weighted by atomic mass is 32.1. The second-order valence-corrected chi connectivity index (χ2v) is 8.18. The first-order valence-corrected chi connectivity index (χ1v) is 10.3. The quantitative estimate of drug-likeness (QED) is 0.519. The Morgan fingerprint density at radius 2 is 2.00 bits per heavy atom. The molecule has 0 radical (unpaired) electrons. The number of thiazole rings is 1. The van der Waals surface area contributed by atoms with E-state index in [4.69, 9.17) is 0 Å². The largest absolute Gasteiger partial charge is 0.298 e. The van der Waals surface area contributed by atoms with Crippen LogP contribution in [0, 0.1) is 12.7 Å². The van der Waals surface area contributed by atoms with Gasteiger partial charge in [0.15, 0.2) is 0 Å². The fraction of sp³-hybridized carbons (Fsp3) is 0.286. The number of imidazole rings is 1. The van der Waals surface area contributed by atoms with Crippen molar-refractivity contribution in [1.29, 1.82) is 0 Å². The summed E-state index contributed by atoms with van der Waals surface area (Å²) in [4.78, 5) is 17.1. The third kappa shape index (κ3) is 3.10. The highest BCUT2D eigenvalue weighted by molar-refractivity contribution is 7.09. The molecule has 0 amide bonds. The molecular weight excluding hydrogens is 373 g/mol. The predicted molar refractivity (Wildman–Crippen MR) is 108 cm³/mol. The first-order valence-electron chi connectivity index (χ1n) is 9.38. The summed E-state index contributed by atoms with van der Waals surface area (Å²) in [7, 11) is 0. The zero-order valence-corrected chi connectivity index (χ0v) is 16.4. The molecule has 28 heavy (non-hydrogen) atoms. The van der Waals surface area contributed by atoms with Gasteiger partial charge in [0.2, 0.25) is 5.78 Å². The molecule has 142 valence electrons. The van der Waals surface area contributed by atoms with E-state index < -0.39 is 0 Å². The van der Waals surface area contributed by atoms with Gasteiger partial charge in [0.05, 0.1) is 23.1 Å². The lowest BCUT2D eigenvalue weighted by Gasteiger charge is -2.17. The molecule has 0 aliphatic carbocycles. The second-order valence-electron chi connectivity index (χ2n) is 7.24. The molecule has 1 atom stereocenters. The molecule has 0 saturated carbocycles. The Bertz CT molecular complexity index is 1120. The van der Waals surface area contributed by atoms with Gasteiger partial charge in [-0.15, -0.1) is 11.3 Å². The van der Waals surface area contributed by atoms with Gasteiger partial charge in [-0.1, -0.05) is 0 Å². The summed E-state index contributed by atoms with van der Waals surface area (Å²) in [5.41, 5.74) is 6.16. The summed E-state index contributed by atoms with van der Waals surface area (Å²) in [5.74, 6) is 0.862. The van der Waals surface area contributed by atoms with Crippen LogP contribution in [0.15, 0.2) is 48.2 Å². The maximum Gasteiger partial charge on any atom is 0.234 e. The highest BCUT2D eigenvalue weighted by Gasteiger charge is 2.27. The van der Waals surface area contributed by atoms with Crippen LogP contribution in [-0.4, -0.2) is 37.3 Å². The minimum Gasteiger partial charge on any atom is -0.298 e. The Kier molecular flexibility index (Phi) is 4.41. The van der Waals surface area contributed by atoms with Gasteiger partial charge in [-0.2, -0.15) is 0 Å². The zero-order valence-electron chi connectivity index (χ0n) is 15.5. The van der Waals surface area contributed by atoms with Gasteiger partial charge in [-0.25, -0.2) is 19.3 Å². The van der Waals surface area contributed by atoms with Crippen LogP contribution >= 0.6 is 11.3 Å². The molecule has 1 fully saturated rings. The van der Waals surface area contributed by atoms with Crippen molar-refractivity contribution < 1.29 is 4.39 Å². The Morgan fingerprint density at radius 1 is 1.14 bits per heavy atom. The van der Waals surface area contributed by atoms with E-state index in [9.17, 15) is 4.39 Å². The van der Waals surface area contributed by atoms with Gasteiger partial charge in [0.25, 0.3) is 0 Å². The topological polar surface area (TPSA) is 46.3 Å². The van der Waals surface area contributed by atoms with Gasteiger partial charge in [-0.3, -0.25) is 9.30 Å². The van der Waals surface area contributed by atoms with E-state index in [1.54, 1.807) is 23.5 Å². The number of hydrogen-bond acceptors (Lipinski definition) is 5. The fourth-order valence-electron chi connectivity index (χ4n) is 3.98. The Morgan fingerprint density at radius 3 is 2.79 bits per heavy atom. The number of halogens is 1. The van der Waals surface area contributed by atoms with Crippen molar-refractivity contribution in [3.8, 4) is 11.3 Å². The summed E-state index contributed by atoms with van der Waals surface area (Å²) in [6.07, 6.45) is 4.76. The number of aryl methyl sites for hydroxylation is 1. The molecule has 0 N–H and O–H groups in total. The highest BCUT2D eigenvalue weighted by Crippen LogP contribution is 2.32. The van der Waals surface area contributed by atoms with Gasteiger partial charge in [0, 0.05) is 41.3 Å². The van der Waals surface area contributed by atoms with Crippen LogP contribution in [0.2, 0.25) is 0 Å². The molecule has 0 unspecified atom stereocenters. The van der Waals surface area contributed by atoms with Crippen molar-refractivity contribution in [3.05, 3.63) is 70.3 Å². The van der Waals surface area contributed by atoms with Crippen LogP contribution in [0.1, 0.15) is 28.6 Å². The van der Waals surface area contributed by atoms with Crippen molar-refractivity contribution in [2.24, 2.45) is 0 Å². The molecule has 0 bridgehead atoms. The van der Waals surface area contributed by atoms with E-state index in [1.165, 1.54) is 22.7 Å². The lowest BCUT2D eigenvalue weighted by Crippen LogP contribution is -2.20. The Balaban J connectivity index is 1.47. The second kappa shape index (κ2) is 7.07. The molecule has 7 heteroatoms. The summed E-state index contributed by atoms with van der Waals surface area (Å²) in [6.45, 7) is 5.09. The molecular formula is C21H20FN5S. The van der Waals surface area contributed by atoms with Crippen molar-refractivity contribution >= 4 is 17.1 Å². The molecule has 1 saturated heterocycles. The molecule has 1 aromatic carbocycles. The van der Waals surface area contributed by atoms with Crippen LogP contribution in [-0.2, 0) is 6.54 Å². The van der Waals surface area contributed by atoms with E-state index in [0.29, 0.717) is 11.7 Å². The summed E-state index contributed by atoms with van der Waals surface area (Å²) >= 11 is 1.73. The number of aromatic nitrogens is 4. The minimum absolute atomic E-state index is 0.235. The SMILES string of the molecule is Cc1ncsc1CN1CC[C@H](c2ccnc3ncc(-c4ccc(F)cc4)n23)C1. The Hall–Kier alpha value is -2.64. The van der Waals surface area contributed by atoms with E-state index in [-0.39, 0.29) is 5.82 Å². The van der Waals surface area contributed by atoms with Gasteiger partial charge < -0.3 is 0 Å². The first kappa shape index (κ1) is 17.5. The van der Waals surface area contributed by atoms with Crippen LogP contribution < -0.4 is 0 Å². The van der Waals surface area contributed by atoms with Crippen LogP contribution in [0.5, 0.6) is 0 Å². The first-order chi connectivity index (χ1) is 13.7. The monoisotopic (exact) mass is 393 g/mol. The number of likely N-dealkylation sites (tertiary alicyclic amines) is 1. The van der Waals surface area contributed by atoms with Gasteiger partial charge in [0.1, 0.15) is 5.82 Å². The average Bonchev–Trinajstić information content (AvgIpc) is 3.43. The zero-order chi connectivity index (χ0) is 19.1. The molecule has 0 spiro atoms. The van der Waals surface area contributed by atoms with Crippen molar-refractivity contribution in [2.45, 2.75) is 25.8 Å². The van der Waals surface area contributed by atoms with Crippen molar-refractivity contribution in [3.63, 3.8) is 0 Å². The van der Waals surface area contributed by atoms with E-state index in [1.807, 2.05) is 17.9 Å². The summed E-state index contributed by atoms with van der Waals surface area (Å²) < 4.78 is 15.5. The predicted octanol–water partition coefficient (Wildman–Crippen LogP) is 4.29. The summed E-state index contributed by atoms with van der Waals surface area (Å²) in [6, 6.07) is 8.65. The molecule has 3 aromatic heterocycles. The van der Waals surface area contributed by atoms with Crippen LogP contribution in [0.3, 0.4) is 0 Å². The number of hydrogen-bond donors (Lipinski definition) is 0. The third-order valence-corrected chi connectivity index (χ3v) is 6.40. The normalized spacial score (nSPS) is 17.6. The molecule has 1 aliphatic heterocycles. The molecule has 1 aliphatic rings. The number of benzene rings is 1. The summed E-state index contributed by atoms with van der Waals surface area (Å²) in [5, 5.41) is 0. The van der Waals surface area contributed by atoms with E-state index in [2.05, 4.69) is 37.2 Å². The number of rotatable bonds is 4. The standard InChI is InChI=1S/C21H20FN5S/c1-14-20(28-13-25-14)12-26-9-7-16(11-26)18-6-8-23-21-24-10-19(27(18)21)15-2-4-17(22)5-3-15/h2-6,8,10,13,16H,7,9,11-12H2,1H3/t16-/m0/s1. The molecule has 5 rings (SSSR count). The van der Waals surface area contributed by atoms with E-state index >= 15 is 0 Å². The lowest BCUT2D eigenvalue weighted by molar-refractivity contribution is 0.328. The van der Waals surface area contributed by atoms with Crippen molar-refractivity contribution in [2.75, 3.05) is 13.1 Å². The molecule has 4 heterocycles. The van der Waals surface area contributed by atoms with E-state index in [0.717, 1.165) is 43.0 Å². The fourth-order valence-corrected chi connectivity index (χ4v) is 4.80. The minimum atomic E-state index is -0.235. The molecule has 4 aromatic rings. The lowest BCUT2D eigenvalue weighted by atomic mass is 10.0.